The molecule has 4 nitrogen and oxygen atoms in total. The smallest absolute Gasteiger partial charge is 0.239 e. The van der Waals surface area contributed by atoms with Crippen LogP contribution in [0.15, 0.2) is 29.2 Å². The van der Waals surface area contributed by atoms with Crippen LogP contribution in [0.3, 0.4) is 0 Å². The Labute approximate surface area is 128 Å². The maximum atomic E-state index is 12.0. The van der Waals surface area contributed by atoms with Crippen LogP contribution < -0.4 is 10.6 Å². The first kappa shape index (κ1) is 15.6. The van der Waals surface area contributed by atoms with Crippen molar-refractivity contribution in [2.45, 2.75) is 24.0 Å². The lowest BCUT2D eigenvalue weighted by atomic mass is 10.1. The molecule has 1 aromatic carbocycles. The zero-order valence-electron chi connectivity index (χ0n) is 11.4. The Morgan fingerprint density at radius 2 is 2.25 bits per heavy atom. The molecule has 0 aromatic heterocycles. The average Bonchev–Trinajstić information content (AvgIpc) is 2.46. The molecule has 0 saturated carbocycles. The van der Waals surface area contributed by atoms with E-state index in [9.17, 15) is 4.79 Å². The molecule has 1 aromatic rings. The molecule has 1 amide bonds. The lowest BCUT2D eigenvalue weighted by Crippen LogP contribution is -2.55. The van der Waals surface area contributed by atoms with E-state index in [1.54, 1.807) is 11.8 Å². The summed E-state index contributed by atoms with van der Waals surface area (Å²) in [6.45, 7) is 3.94. The average molecular weight is 315 g/mol. The molecule has 0 radical (unpaired) electrons. The number of benzene rings is 1. The molecule has 2 atom stereocenters. The van der Waals surface area contributed by atoms with Crippen LogP contribution in [0, 0.1) is 0 Å². The summed E-state index contributed by atoms with van der Waals surface area (Å²) < 4.78 is 5.46. The van der Waals surface area contributed by atoms with Gasteiger partial charge in [0.2, 0.25) is 5.91 Å². The Morgan fingerprint density at radius 3 is 2.95 bits per heavy atom. The zero-order valence-corrected chi connectivity index (χ0v) is 13.0. The molecule has 6 heteroatoms. The third kappa shape index (κ3) is 4.66. The minimum atomic E-state index is -0.246. The van der Waals surface area contributed by atoms with E-state index in [0.29, 0.717) is 13.2 Å². The Morgan fingerprint density at radius 1 is 1.50 bits per heavy atom. The Bertz CT molecular complexity index is 441. The second-order valence-electron chi connectivity index (χ2n) is 4.60. The molecule has 0 aliphatic carbocycles. The van der Waals surface area contributed by atoms with Crippen molar-refractivity contribution in [2.24, 2.45) is 0 Å². The molecule has 1 fully saturated rings. The first-order valence-corrected chi connectivity index (χ1v) is 8.04. The largest absolute Gasteiger partial charge is 0.375 e. The van der Waals surface area contributed by atoms with Crippen LogP contribution in [0.25, 0.3) is 0 Å². The first-order chi connectivity index (χ1) is 9.66. The number of morpholine rings is 1. The molecule has 2 rings (SSSR count). The van der Waals surface area contributed by atoms with E-state index in [1.165, 1.54) is 0 Å². The summed E-state index contributed by atoms with van der Waals surface area (Å²) in [5.41, 5.74) is 0. The van der Waals surface area contributed by atoms with E-state index in [4.69, 9.17) is 16.3 Å². The van der Waals surface area contributed by atoms with Crippen molar-refractivity contribution in [1.29, 1.82) is 0 Å². The summed E-state index contributed by atoms with van der Waals surface area (Å²) in [4.78, 5) is 13.1. The number of ether oxygens (including phenoxy) is 1. The number of nitrogens with one attached hydrogen (secondary N) is 2. The summed E-state index contributed by atoms with van der Waals surface area (Å²) in [6, 6.07) is 7.45. The predicted molar refractivity (Wildman–Crippen MR) is 82.4 cm³/mol. The molecule has 1 saturated heterocycles. The van der Waals surface area contributed by atoms with E-state index in [0.717, 1.165) is 22.2 Å². The van der Waals surface area contributed by atoms with Gasteiger partial charge in [0.25, 0.3) is 0 Å². The van der Waals surface area contributed by atoms with Gasteiger partial charge in [-0.05, 0) is 31.2 Å². The fraction of sp³-hybridized carbons (Fsp3) is 0.500. The molecule has 0 spiro atoms. The van der Waals surface area contributed by atoms with Crippen LogP contribution in [-0.4, -0.2) is 43.5 Å². The summed E-state index contributed by atoms with van der Waals surface area (Å²) in [5.74, 6) is 0.837. The van der Waals surface area contributed by atoms with Crippen LogP contribution in [0.5, 0.6) is 0 Å². The van der Waals surface area contributed by atoms with Crippen molar-refractivity contribution in [1.82, 2.24) is 10.6 Å². The molecule has 1 heterocycles. The fourth-order valence-electron chi connectivity index (χ4n) is 2.01. The van der Waals surface area contributed by atoms with Gasteiger partial charge in [0.15, 0.2) is 0 Å². The van der Waals surface area contributed by atoms with E-state index >= 15 is 0 Å². The van der Waals surface area contributed by atoms with E-state index < -0.39 is 0 Å². The normalized spacial score (nSPS) is 22.5. The van der Waals surface area contributed by atoms with Gasteiger partial charge < -0.3 is 15.4 Å². The van der Waals surface area contributed by atoms with Crippen LogP contribution >= 0.6 is 23.4 Å². The van der Waals surface area contributed by atoms with Gasteiger partial charge in [0.1, 0.15) is 6.04 Å². The number of hydrogen-bond acceptors (Lipinski definition) is 4. The molecule has 0 unspecified atom stereocenters. The number of rotatable bonds is 5. The molecule has 1 aliphatic heterocycles. The van der Waals surface area contributed by atoms with Crippen molar-refractivity contribution < 1.29 is 9.53 Å². The monoisotopic (exact) mass is 314 g/mol. The quantitative estimate of drug-likeness (QED) is 0.644. The Kier molecular flexibility index (Phi) is 6.16. The van der Waals surface area contributed by atoms with Gasteiger partial charge in [-0.25, -0.2) is 0 Å². The van der Waals surface area contributed by atoms with Gasteiger partial charge >= 0.3 is 0 Å². The minimum Gasteiger partial charge on any atom is -0.375 e. The predicted octanol–water partition coefficient (Wildman–Crippen LogP) is 1.93. The number of carbonyl (C=O) groups is 1. The van der Waals surface area contributed by atoms with Crippen molar-refractivity contribution in [3.63, 3.8) is 0 Å². The number of halogens is 1. The van der Waals surface area contributed by atoms with Gasteiger partial charge in [-0.3, -0.25) is 4.79 Å². The Hall–Kier alpha value is -0.750. The minimum absolute atomic E-state index is 0.00825. The topological polar surface area (TPSA) is 50.4 Å². The highest BCUT2D eigenvalue weighted by Crippen LogP contribution is 2.19. The summed E-state index contributed by atoms with van der Waals surface area (Å²) in [7, 11) is 0. The van der Waals surface area contributed by atoms with Gasteiger partial charge in [0.05, 0.1) is 12.7 Å². The number of thioether (sulfide) groups is 1. The van der Waals surface area contributed by atoms with Crippen molar-refractivity contribution in [3.05, 3.63) is 29.3 Å². The van der Waals surface area contributed by atoms with Gasteiger partial charge in [-0.1, -0.05) is 11.6 Å². The van der Waals surface area contributed by atoms with Gasteiger partial charge in [-0.15, -0.1) is 11.8 Å². The number of amides is 1. The maximum Gasteiger partial charge on any atom is 0.239 e. The third-order valence-electron chi connectivity index (χ3n) is 3.08. The van der Waals surface area contributed by atoms with Gasteiger partial charge in [0, 0.05) is 28.8 Å². The SMILES string of the molecule is C[C@H]1OCCN[C@@H]1C(=O)NCCSc1ccc(Cl)cc1. The fourth-order valence-corrected chi connectivity index (χ4v) is 2.91. The number of carbonyl (C=O) groups excluding carboxylic acids is 1. The standard InChI is InChI=1S/C14H19ClN2O2S/c1-10-13(16-6-8-19-10)14(18)17-7-9-20-12-4-2-11(15)3-5-12/h2-5,10,13,16H,6-9H2,1H3,(H,17,18)/t10-,13+/m1/s1. The van der Waals surface area contributed by atoms with Crippen LogP contribution in [-0.2, 0) is 9.53 Å². The van der Waals surface area contributed by atoms with Crippen molar-refractivity contribution in [2.75, 3.05) is 25.4 Å². The summed E-state index contributed by atoms with van der Waals surface area (Å²) >= 11 is 7.52. The molecule has 2 N–H and O–H groups in total. The second-order valence-corrected chi connectivity index (χ2v) is 6.21. The lowest BCUT2D eigenvalue weighted by Gasteiger charge is -2.29. The molecule has 20 heavy (non-hydrogen) atoms. The zero-order chi connectivity index (χ0) is 14.4. The highest BCUT2D eigenvalue weighted by Gasteiger charge is 2.27. The molecular weight excluding hydrogens is 296 g/mol. The molecule has 110 valence electrons. The van der Waals surface area contributed by atoms with Crippen molar-refractivity contribution in [3.8, 4) is 0 Å². The molecular formula is C14H19ClN2O2S. The highest BCUT2D eigenvalue weighted by atomic mass is 35.5. The van der Waals surface area contributed by atoms with Crippen LogP contribution in [0.4, 0.5) is 0 Å². The summed E-state index contributed by atoms with van der Waals surface area (Å²) in [5, 5.41) is 6.85. The first-order valence-electron chi connectivity index (χ1n) is 6.68. The lowest BCUT2D eigenvalue weighted by molar-refractivity contribution is -0.128. The number of hydrogen-bond donors (Lipinski definition) is 2. The van der Waals surface area contributed by atoms with E-state index in [-0.39, 0.29) is 18.1 Å². The van der Waals surface area contributed by atoms with Crippen molar-refractivity contribution >= 4 is 29.3 Å². The molecule has 0 bridgehead atoms. The van der Waals surface area contributed by atoms with E-state index in [2.05, 4.69) is 10.6 Å². The van der Waals surface area contributed by atoms with Crippen LogP contribution in [0.1, 0.15) is 6.92 Å². The highest BCUT2D eigenvalue weighted by molar-refractivity contribution is 7.99. The van der Waals surface area contributed by atoms with E-state index in [1.807, 2.05) is 31.2 Å². The Balaban J connectivity index is 1.67. The maximum absolute atomic E-state index is 12.0. The third-order valence-corrected chi connectivity index (χ3v) is 4.35. The van der Waals surface area contributed by atoms with Crippen LogP contribution in [0.2, 0.25) is 5.02 Å². The summed E-state index contributed by atoms with van der Waals surface area (Å²) in [6.07, 6.45) is -0.0762. The van der Waals surface area contributed by atoms with Gasteiger partial charge in [-0.2, -0.15) is 0 Å². The molecule has 1 aliphatic rings. The second kappa shape index (κ2) is 7.88.